The predicted octanol–water partition coefficient (Wildman–Crippen LogP) is 5.43. The van der Waals surface area contributed by atoms with Crippen LogP contribution in [0.3, 0.4) is 0 Å². The molecule has 24 heavy (non-hydrogen) atoms. The van der Waals surface area contributed by atoms with Gasteiger partial charge in [0, 0.05) is 10.5 Å². The Morgan fingerprint density at radius 3 is 2.58 bits per heavy atom. The van der Waals surface area contributed by atoms with Gasteiger partial charge in [-0.15, -0.1) is 0 Å². The minimum absolute atomic E-state index is 0.0718. The molecule has 3 saturated carbocycles. The third kappa shape index (κ3) is 2.05. The first-order valence-electron chi connectivity index (χ1n) is 10.4. The average molecular weight is 347 g/mol. The van der Waals surface area contributed by atoms with Crippen molar-refractivity contribution in [3.05, 3.63) is 11.6 Å². The van der Waals surface area contributed by atoms with Crippen molar-refractivity contribution in [2.24, 2.45) is 34.5 Å². The smallest absolute Gasteiger partial charge is 0.0577 e. The zero-order valence-electron chi connectivity index (χ0n) is 15.7. The fraction of sp³-hybridized carbons (Fsp3) is 0.909. The molecule has 0 aromatic carbocycles. The van der Waals surface area contributed by atoms with E-state index in [2.05, 4.69) is 38.6 Å². The molecule has 1 N–H and O–H groups in total. The standard InChI is InChI=1S/C22H34OS/c1-20-10-8-15(23)12-14(20)4-5-16-17-6-7-19(22(3)13-24-22)21(17,2)11-9-18(16)20/h4,15-19,23H,5-13H2,1-3H3/t15-,16+,17+,18+,19+,20+,21+,22+/m1/s1. The molecule has 5 aliphatic rings. The zero-order chi connectivity index (χ0) is 16.7. The number of allylic oxidation sites excluding steroid dienone is 1. The fourth-order valence-electron chi connectivity index (χ4n) is 7.96. The number of thioether (sulfide) groups is 1. The van der Waals surface area contributed by atoms with Crippen molar-refractivity contribution in [3.63, 3.8) is 0 Å². The maximum Gasteiger partial charge on any atom is 0.0577 e. The second-order valence-electron chi connectivity index (χ2n) is 10.4. The summed E-state index contributed by atoms with van der Waals surface area (Å²) < 4.78 is 0.616. The lowest BCUT2D eigenvalue weighted by atomic mass is 9.47. The molecule has 4 aliphatic carbocycles. The summed E-state index contributed by atoms with van der Waals surface area (Å²) >= 11 is 2.23. The van der Waals surface area contributed by atoms with E-state index >= 15 is 0 Å². The van der Waals surface area contributed by atoms with Crippen LogP contribution in [0.15, 0.2) is 11.6 Å². The van der Waals surface area contributed by atoms with E-state index < -0.39 is 0 Å². The van der Waals surface area contributed by atoms with Crippen molar-refractivity contribution in [2.45, 2.75) is 83.0 Å². The molecule has 1 aliphatic heterocycles. The zero-order valence-corrected chi connectivity index (χ0v) is 16.5. The lowest BCUT2D eigenvalue weighted by molar-refractivity contribution is -0.0518. The Hall–Kier alpha value is 0.0500. The Labute approximate surface area is 152 Å². The highest BCUT2D eigenvalue weighted by Crippen LogP contribution is 2.71. The summed E-state index contributed by atoms with van der Waals surface area (Å²) in [6.45, 7) is 7.77. The number of fused-ring (bicyclic) bond motifs is 5. The Balaban J connectivity index is 1.47. The van der Waals surface area contributed by atoms with Crippen molar-refractivity contribution in [1.82, 2.24) is 0 Å². The van der Waals surface area contributed by atoms with Gasteiger partial charge in [-0.1, -0.05) is 25.5 Å². The molecule has 1 nitrogen and oxygen atoms in total. The van der Waals surface area contributed by atoms with E-state index in [-0.39, 0.29) is 6.10 Å². The van der Waals surface area contributed by atoms with Crippen molar-refractivity contribution < 1.29 is 5.11 Å². The second-order valence-corrected chi connectivity index (χ2v) is 11.9. The molecule has 0 unspecified atom stereocenters. The monoisotopic (exact) mass is 346 g/mol. The minimum Gasteiger partial charge on any atom is -0.393 e. The second kappa shape index (κ2) is 5.06. The summed E-state index contributed by atoms with van der Waals surface area (Å²) in [7, 11) is 0. The van der Waals surface area contributed by atoms with Crippen molar-refractivity contribution >= 4 is 11.8 Å². The molecule has 5 rings (SSSR count). The van der Waals surface area contributed by atoms with Crippen LogP contribution in [0.4, 0.5) is 0 Å². The largest absolute Gasteiger partial charge is 0.393 e. The van der Waals surface area contributed by atoms with Gasteiger partial charge in [0.2, 0.25) is 0 Å². The Bertz CT molecular complexity index is 579. The van der Waals surface area contributed by atoms with Gasteiger partial charge in [0.25, 0.3) is 0 Å². The first-order chi connectivity index (χ1) is 11.4. The van der Waals surface area contributed by atoms with Crippen LogP contribution in [0, 0.1) is 34.5 Å². The molecule has 2 heteroatoms. The quantitative estimate of drug-likeness (QED) is 0.504. The highest BCUT2D eigenvalue weighted by atomic mass is 32.2. The number of rotatable bonds is 1. The summed E-state index contributed by atoms with van der Waals surface area (Å²) in [5.41, 5.74) is 2.63. The molecular weight excluding hydrogens is 312 g/mol. The molecule has 0 bridgehead atoms. The minimum atomic E-state index is -0.0718. The normalized spacial score (nSPS) is 59.2. The first-order valence-corrected chi connectivity index (χ1v) is 11.4. The predicted molar refractivity (Wildman–Crippen MR) is 102 cm³/mol. The lowest BCUT2D eigenvalue weighted by Gasteiger charge is -2.58. The van der Waals surface area contributed by atoms with Gasteiger partial charge in [0.15, 0.2) is 0 Å². The molecule has 1 saturated heterocycles. The Kier molecular flexibility index (Phi) is 3.43. The van der Waals surface area contributed by atoms with Gasteiger partial charge in [0.1, 0.15) is 0 Å². The molecule has 0 amide bonds. The Morgan fingerprint density at radius 1 is 1.04 bits per heavy atom. The van der Waals surface area contributed by atoms with Gasteiger partial charge < -0.3 is 5.11 Å². The van der Waals surface area contributed by atoms with E-state index in [1.807, 2.05) is 0 Å². The number of aliphatic hydroxyl groups excluding tert-OH is 1. The number of hydrogen-bond donors (Lipinski definition) is 1. The fourth-order valence-corrected chi connectivity index (χ4v) is 8.98. The van der Waals surface area contributed by atoms with Crippen molar-refractivity contribution in [1.29, 1.82) is 0 Å². The van der Waals surface area contributed by atoms with Crippen LogP contribution in [0.1, 0.15) is 72.1 Å². The van der Waals surface area contributed by atoms with Crippen LogP contribution in [0.5, 0.6) is 0 Å². The molecular formula is C22H34OS. The summed E-state index contributed by atoms with van der Waals surface area (Å²) in [5.74, 6) is 5.15. The summed E-state index contributed by atoms with van der Waals surface area (Å²) in [5, 5.41) is 10.1. The molecule has 4 fully saturated rings. The van der Waals surface area contributed by atoms with Crippen LogP contribution >= 0.6 is 11.8 Å². The van der Waals surface area contributed by atoms with E-state index in [4.69, 9.17) is 0 Å². The van der Waals surface area contributed by atoms with Gasteiger partial charge in [-0.25, -0.2) is 0 Å². The van der Waals surface area contributed by atoms with E-state index in [0.29, 0.717) is 15.6 Å². The third-order valence-electron chi connectivity index (χ3n) is 9.41. The maximum absolute atomic E-state index is 10.1. The topological polar surface area (TPSA) is 20.2 Å². The van der Waals surface area contributed by atoms with Crippen LogP contribution in [0.2, 0.25) is 0 Å². The van der Waals surface area contributed by atoms with E-state index in [1.165, 1.54) is 44.3 Å². The average Bonchev–Trinajstić information content (AvgIpc) is 3.17. The number of hydrogen-bond acceptors (Lipinski definition) is 2. The SMILES string of the molecule is C[C@]12CC[C@H]3[C@@H](CC=C4C[C@H](O)CC[C@@]43C)[C@@H]1CC[C@@H]2[C@]1(C)CS1. The van der Waals surface area contributed by atoms with Crippen molar-refractivity contribution in [3.8, 4) is 0 Å². The van der Waals surface area contributed by atoms with Gasteiger partial charge in [-0.05, 0) is 92.8 Å². The highest BCUT2D eigenvalue weighted by Gasteiger charge is 2.63. The van der Waals surface area contributed by atoms with Crippen LogP contribution < -0.4 is 0 Å². The molecule has 1 heterocycles. The number of aliphatic hydroxyl groups is 1. The summed E-state index contributed by atoms with van der Waals surface area (Å²) in [6.07, 6.45) is 12.9. The van der Waals surface area contributed by atoms with Gasteiger partial charge in [-0.2, -0.15) is 11.8 Å². The van der Waals surface area contributed by atoms with Crippen molar-refractivity contribution in [2.75, 3.05) is 5.75 Å². The van der Waals surface area contributed by atoms with Crippen LogP contribution in [0.25, 0.3) is 0 Å². The van der Waals surface area contributed by atoms with Crippen LogP contribution in [-0.2, 0) is 0 Å². The van der Waals surface area contributed by atoms with Gasteiger partial charge in [0.05, 0.1) is 6.10 Å². The van der Waals surface area contributed by atoms with Gasteiger partial charge >= 0.3 is 0 Å². The molecule has 8 atom stereocenters. The maximum atomic E-state index is 10.1. The molecule has 134 valence electrons. The molecule has 0 aromatic rings. The molecule has 0 spiro atoms. The summed E-state index contributed by atoms with van der Waals surface area (Å²) in [6, 6.07) is 0. The van der Waals surface area contributed by atoms with Crippen LogP contribution in [-0.4, -0.2) is 21.7 Å². The lowest BCUT2D eigenvalue weighted by Crippen LogP contribution is -2.51. The Morgan fingerprint density at radius 2 is 1.83 bits per heavy atom. The highest BCUT2D eigenvalue weighted by molar-refractivity contribution is 8.07. The first kappa shape index (κ1) is 16.2. The van der Waals surface area contributed by atoms with E-state index in [9.17, 15) is 5.11 Å². The van der Waals surface area contributed by atoms with E-state index in [1.54, 1.807) is 5.57 Å². The van der Waals surface area contributed by atoms with Gasteiger partial charge in [-0.3, -0.25) is 0 Å². The molecule has 0 radical (unpaired) electrons. The summed E-state index contributed by atoms with van der Waals surface area (Å²) in [4.78, 5) is 0. The van der Waals surface area contributed by atoms with E-state index in [0.717, 1.165) is 36.5 Å². The third-order valence-corrected chi connectivity index (χ3v) is 10.9. The molecule has 0 aromatic heterocycles.